The molecule has 2 heterocycles. The number of rotatable bonds is 11. The van der Waals surface area contributed by atoms with Gasteiger partial charge in [-0.2, -0.15) is 18.3 Å². The van der Waals surface area contributed by atoms with Crippen molar-refractivity contribution in [3.05, 3.63) is 67.4 Å². The molecule has 1 saturated carbocycles. The number of nitrogens with one attached hydrogen (secondary N) is 2. The van der Waals surface area contributed by atoms with E-state index in [1.165, 1.54) is 17.3 Å². The number of hydrogen-bond acceptors (Lipinski definition) is 9. The number of esters is 1. The zero-order chi connectivity index (χ0) is 31.4. The van der Waals surface area contributed by atoms with Crippen molar-refractivity contribution in [3.8, 4) is 5.75 Å². The molecule has 43 heavy (non-hydrogen) atoms. The number of hydrogen-bond donors (Lipinski definition) is 3. The number of H-pyrrole nitrogens is 1. The van der Waals surface area contributed by atoms with Gasteiger partial charge in [-0.15, -0.1) is 0 Å². The summed E-state index contributed by atoms with van der Waals surface area (Å²) in [5, 5.41) is 13.4. The minimum Gasteiger partial charge on any atom is -0.465 e. The van der Waals surface area contributed by atoms with Crippen LogP contribution in [-0.4, -0.2) is 51.6 Å². The Labute approximate surface area is 251 Å². The number of aliphatic hydroxyl groups is 1. The third kappa shape index (κ3) is 7.86. The maximum Gasteiger partial charge on any atom is 0.459 e. The van der Waals surface area contributed by atoms with Crippen LogP contribution in [0.4, 0.5) is 13.2 Å². The van der Waals surface area contributed by atoms with E-state index in [-0.39, 0.29) is 37.2 Å². The van der Waals surface area contributed by atoms with Crippen molar-refractivity contribution in [1.82, 2.24) is 14.6 Å². The van der Waals surface area contributed by atoms with Gasteiger partial charge in [-0.3, -0.25) is 23.7 Å². The zero-order valence-corrected chi connectivity index (χ0v) is 25.3. The molecule has 0 amide bonds. The topological polar surface area (TPSA) is 158 Å². The van der Waals surface area contributed by atoms with Gasteiger partial charge in [0.1, 0.15) is 23.6 Å². The Balaban J connectivity index is 1.57. The van der Waals surface area contributed by atoms with Gasteiger partial charge < -0.3 is 19.1 Å². The smallest absolute Gasteiger partial charge is 0.459 e. The predicted molar refractivity (Wildman–Crippen MR) is 150 cm³/mol. The molecule has 1 saturated heterocycles. The summed E-state index contributed by atoms with van der Waals surface area (Å²) in [6, 6.07) is 3.41. The van der Waals surface area contributed by atoms with E-state index in [4.69, 9.17) is 18.5 Å². The molecule has 1 aromatic carbocycles. The van der Waals surface area contributed by atoms with Gasteiger partial charge in [0.25, 0.3) is 5.56 Å². The molecule has 4 rings (SSSR count). The van der Waals surface area contributed by atoms with Gasteiger partial charge in [0, 0.05) is 12.6 Å². The molecule has 2 aromatic rings. The van der Waals surface area contributed by atoms with Crippen molar-refractivity contribution in [1.29, 1.82) is 0 Å². The molecule has 0 radical (unpaired) electrons. The van der Waals surface area contributed by atoms with Crippen LogP contribution in [0.2, 0.25) is 0 Å². The predicted octanol–water partition coefficient (Wildman–Crippen LogP) is 4.24. The number of benzene rings is 1. The first-order chi connectivity index (χ1) is 20.3. The lowest BCUT2D eigenvalue weighted by Gasteiger charge is -2.32. The highest BCUT2D eigenvalue weighted by Crippen LogP contribution is 2.50. The van der Waals surface area contributed by atoms with Crippen LogP contribution in [0, 0.1) is 0 Å². The van der Waals surface area contributed by atoms with E-state index in [2.05, 4.69) is 26.0 Å². The number of ether oxygens (including phenoxy) is 2. The molecule has 3 N–H and O–H groups in total. The molecular weight excluding hydrogens is 666 g/mol. The molecule has 2 unspecified atom stereocenters. The van der Waals surface area contributed by atoms with E-state index >= 15 is 0 Å². The van der Waals surface area contributed by atoms with Crippen molar-refractivity contribution >= 4 is 35.7 Å². The summed E-state index contributed by atoms with van der Waals surface area (Å²) < 4.78 is 76.6. The number of carbonyl (C=O) groups excluding carboxylic acids is 1. The second kappa shape index (κ2) is 13.5. The van der Waals surface area contributed by atoms with Crippen molar-refractivity contribution in [2.24, 2.45) is 0 Å². The van der Waals surface area contributed by atoms with Crippen molar-refractivity contribution in [2.75, 3.05) is 13.2 Å². The Bertz CT molecular complexity index is 1490. The van der Waals surface area contributed by atoms with E-state index in [0.29, 0.717) is 12.8 Å². The summed E-state index contributed by atoms with van der Waals surface area (Å²) in [7, 11) is -4.55. The largest absolute Gasteiger partial charge is 0.465 e. The van der Waals surface area contributed by atoms with Crippen LogP contribution in [0.1, 0.15) is 56.4 Å². The highest BCUT2D eigenvalue weighted by atomic mass is 79.9. The molecule has 17 heteroatoms. The third-order valence-electron chi connectivity index (χ3n) is 7.04. The van der Waals surface area contributed by atoms with Gasteiger partial charge in [-0.25, -0.2) is 9.36 Å². The van der Waals surface area contributed by atoms with E-state index < -0.39 is 67.3 Å². The molecular formula is C26H30BrF3N3O9P. The standard InChI is InChI=1S/C26H30BrF3N3O9P/c1-2-39-23(36)25(10-3-4-11-25)32-43(38,42-18-7-5-17(6-8-18)26(28,29)30)40-15-20-19(34)13-21(41-20)33-14-16(9-12-27)22(35)31-24(33)37/h5-9,12,14,19-21,34H,2-4,10-11,13,15H2,1H3,(H,32,38)(H,31,35,37)/t19?,20-,21-,43?/m1/s1. The molecule has 236 valence electrons. The fourth-order valence-electron chi connectivity index (χ4n) is 4.91. The molecule has 0 spiro atoms. The first-order valence-electron chi connectivity index (χ1n) is 13.3. The molecule has 2 aliphatic rings. The van der Waals surface area contributed by atoms with Gasteiger partial charge in [-0.05, 0) is 55.1 Å². The number of aromatic nitrogens is 2. The van der Waals surface area contributed by atoms with Gasteiger partial charge in [0.05, 0.1) is 30.4 Å². The number of alkyl halides is 3. The number of nitrogens with zero attached hydrogens (tertiary/aromatic N) is 1. The van der Waals surface area contributed by atoms with Crippen molar-refractivity contribution in [3.63, 3.8) is 0 Å². The van der Waals surface area contributed by atoms with E-state index in [1.807, 2.05) is 0 Å². The monoisotopic (exact) mass is 695 g/mol. The summed E-state index contributed by atoms with van der Waals surface area (Å²) in [5.41, 5.74) is -3.69. The van der Waals surface area contributed by atoms with Gasteiger partial charge in [0.2, 0.25) is 0 Å². The minimum atomic E-state index is -4.61. The number of aromatic amines is 1. The van der Waals surface area contributed by atoms with Crippen LogP contribution in [0.25, 0.3) is 6.08 Å². The lowest BCUT2D eigenvalue weighted by atomic mass is 10.00. The SMILES string of the molecule is CCOC(=O)C1(NP(=O)(OC[C@H]2O[C@@H](n3cc(C=CBr)c(=O)[nH]c3=O)CC2O)Oc2ccc(C(F)(F)F)cc2)CCCC1. The number of aliphatic hydroxyl groups excluding tert-OH is 1. The molecule has 12 nitrogen and oxygen atoms in total. The Kier molecular flexibility index (Phi) is 10.4. The van der Waals surface area contributed by atoms with Crippen molar-refractivity contribution < 1.29 is 46.2 Å². The summed E-state index contributed by atoms with van der Waals surface area (Å²) in [4.78, 5) is 41.0. The maximum atomic E-state index is 14.1. The second-order valence-corrected chi connectivity index (χ2v) is 12.2. The molecule has 0 bridgehead atoms. The average molecular weight is 696 g/mol. The lowest BCUT2D eigenvalue weighted by Crippen LogP contribution is -2.50. The highest BCUT2D eigenvalue weighted by molar-refractivity contribution is 9.11. The average Bonchev–Trinajstić information content (AvgIpc) is 3.56. The Hall–Kier alpha value is -2.75. The van der Waals surface area contributed by atoms with E-state index in [1.54, 1.807) is 6.92 Å². The highest BCUT2D eigenvalue weighted by Gasteiger charge is 2.50. The van der Waals surface area contributed by atoms with Gasteiger partial charge >= 0.3 is 25.6 Å². The molecule has 2 fully saturated rings. The summed E-state index contributed by atoms with van der Waals surface area (Å²) >= 11 is 3.06. The summed E-state index contributed by atoms with van der Waals surface area (Å²) in [6.45, 7) is 1.10. The normalized spacial score (nSPS) is 23.3. The van der Waals surface area contributed by atoms with E-state index in [0.717, 1.165) is 28.8 Å². The van der Waals surface area contributed by atoms with Crippen LogP contribution in [0.5, 0.6) is 5.75 Å². The zero-order valence-electron chi connectivity index (χ0n) is 22.8. The van der Waals surface area contributed by atoms with E-state index in [9.17, 15) is 37.2 Å². The third-order valence-corrected chi connectivity index (χ3v) is 8.95. The quantitative estimate of drug-likeness (QED) is 0.229. The Morgan fingerprint density at radius 3 is 2.56 bits per heavy atom. The summed E-state index contributed by atoms with van der Waals surface area (Å²) in [6.07, 6.45) is -3.78. The Morgan fingerprint density at radius 2 is 1.95 bits per heavy atom. The molecule has 1 aliphatic heterocycles. The van der Waals surface area contributed by atoms with Gasteiger partial charge in [-0.1, -0.05) is 28.8 Å². The lowest BCUT2D eigenvalue weighted by molar-refractivity contribution is -0.150. The first kappa shape index (κ1) is 33.1. The fourth-order valence-corrected chi connectivity index (χ4v) is 6.93. The first-order valence-corrected chi connectivity index (χ1v) is 15.8. The Morgan fingerprint density at radius 1 is 1.28 bits per heavy atom. The number of carbonyl (C=O) groups is 1. The summed E-state index contributed by atoms with van der Waals surface area (Å²) in [5.74, 6) is -0.922. The van der Waals surface area contributed by atoms with Crippen LogP contribution in [0.15, 0.2) is 45.0 Å². The maximum absolute atomic E-state index is 14.1. The number of halogens is 4. The molecule has 4 atom stereocenters. The van der Waals surface area contributed by atoms with Crippen LogP contribution in [-0.2, 0) is 29.5 Å². The van der Waals surface area contributed by atoms with Crippen molar-refractivity contribution in [2.45, 2.75) is 69.2 Å². The molecule has 1 aromatic heterocycles. The molecule has 1 aliphatic carbocycles. The van der Waals surface area contributed by atoms with Gasteiger partial charge in [0.15, 0.2) is 0 Å². The minimum absolute atomic E-state index is 0.0495. The van der Waals surface area contributed by atoms with Crippen LogP contribution >= 0.6 is 23.7 Å². The second-order valence-electron chi connectivity index (χ2n) is 10.0. The van der Waals surface area contributed by atoms with Crippen LogP contribution in [0.3, 0.4) is 0 Å². The van der Waals surface area contributed by atoms with Crippen LogP contribution < -0.4 is 20.9 Å². The fraction of sp³-hybridized carbons (Fsp3) is 0.500.